The molecule has 3 N–H and O–H groups in total. The summed E-state index contributed by atoms with van der Waals surface area (Å²) < 4.78 is 13.5. The van der Waals surface area contributed by atoms with Crippen molar-refractivity contribution >= 4 is 12.4 Å². The van der Waals surface area contributed by atoms with Crippen LogP contribution in [0.3, 0.4) is 0 Å². The molecule has 126 valence electrons. The quantitative estimate of drug-likeness (QED) is 0.753. The van der Waals surface area contributed by atoms with Crippen molar-refractivity contribution in [3.63, 3.8) is 0 Å². The summed E-state index contributed by atoms with van der Waals surface area (Å²) >= 11 is 0. The van der Waals surface area contributed by atoms with Crippen LogP contribution in [-0.4, -0.2) is 42.8 Å². The molecule has 1 amide bonds. The molecule has 1 aliphatic heterocycles. The van der Waals surface area contributed by atoms with Crippen molar-refractivity contribution in [1.29, 1.82) is 0 Å². The fraction of sp³-hybridized carbons (Fsp3) is 0.222. The molecule has 0 aliphatic carbocycles. The monoisotopic (exact) mass is 330 g/mol. The molecule has 6 heteroatoms. The summed E-state index contributed by atoms with van der Waals surface area (Å²) in [5.41, 5.74) is 2.71. The molecule has 1 saturated heterocycles. The van der Waals surface area contributed by atoms with Crippen LogP contribution in [0.1, 0.15) is 10.4 Å². The van der Waals surface area contributed by atoms with E-state index in [0.29, 0.717) is 18.7 Å². The van der Waals surface area contributed by atoms with Crippen molar-refractivity contribution in [3.05, 3.63) is 60.2 Å². The van der Waals surface area contributed by atoms with E-state index in [1.165, 1.54) is 0 Å². The Labute approximate surface area is 139 Å². The van der Waals surface area contributed by atoms with E-state index in [-0.39, 0.29) is 12.4 Å². The zero-order valence-electron chi connectivity index (χ0n) is 13.0. The highest BCUT2D eigenvalue weighted by molar-refractivity contribution is 5.95. The Morgan fingerprint density at radius 2 is 1.67 bits per heavy atom. The van der Waals surface area contributed by atoms with Gasteiger partial charge in [-0.2, -0.15) is 0 Å². The predicted molar refractivity (Wildman–Crippen MR) is 89.6 cm³/mol. The first-order chi connectivity index (χ1) is 11.7. The van der Waals surface area contributed by atoms with Gasteiger partial charge >= 0.3 is 0 Å². The topological polar surface area (TPSA) is 78.4 Å². The Morgan fingerprint density at radius 3 is 2.21 bits per heavy atom. The van der Waals surface area contributed by atoms with Crippen molar-refractivity contribution in [3.8, 4) is 11.1 Å². The lowest BCUT2D eigenvalue weighted by Gasteiger charge is -2.14. The van der Waals surface area contributed by atoms with Crippen LogP contribution < -0.4 is 10.6 Å². The molecule has 3 rings (SSSR count). The Kier molecular flexibility index (Phi) is 6.45. The van der Waals surface area contributed by atoms with E-state index >= 15 is 0 Å². The van der Waals surface area contributed by atoms with E-state index in [4.69, 9.17) is 9.90 Å². The van der Waals surface area contributed by atoms with Crippen molar-refractivity contribution in [2.24, 2.45) is 0 Å². The number of benzene rings is 2. The van der Waals surface area contributed by atoms with E-state index in [2.05, 4.69) is 10.6 Å². The molecule has 0 saturated carbocycles. The van der Waals surface area contributed by atoms with Gasteiger partial charge in [0.15, 0.2) is 0 Å². The van der Waals surface area contributed by atoms with E-state index in [1.807, 2.05) is 42.5 Å². The summed E-state index contributed by atoms with van der Waals surface area (Å²) in [6, 6.07) is 16.9. The van der Waals surface area contributed by atoms with Crippen molar-refractivity contribution in [1.82, 2.24) is 10.6 Å². The van der Waals surface area contributed by atoms with Crippen LogP contribution in [0, 0.1) is 0 Å². The van der Waals surface area contributed by atoms with Gasteiger partial charge < -0.3 is 15.7 Å². The molecule has 24 heavy (non-hydrogen) atoms. The molecular weight excluding hydrogens is 311 g/mol. The van der Waals surface area contributed by atoms with Crippen molar-refractivity contribution in [2.45, 2.75) is 12.2 Å². The minimum atomic E-state index is -1.02. The van der Waals surface area contributed by atoms with Crippen LogP contribution in [0.4, 0.5) is 4.39 Å². The number of hydrogen-bond donors (Lipinski definition) is 3. The summed E-state index contributed by atoms with van der Waals surface area (Å²) in [5, 5.41) is 12.5. The molecule has 1 aliphatic rings. The molecule has 0 aromatic heterocycles. The second kappa shape index (κ2) is 8.79. The second-order valence-electron chi connectivity index (χ2n) is 5.30. The highest BCUT2D eigenvalue weighted by atomic mass is 19.1. The molecule has 1 fully saturated rings. The van der Waals surface area contributed by atoms with Crippen LogP contribution in [-0.2, 0) is 4.79 Å². The van der Waals surface area contributed by atoms with E-state index in [1.54, 1.807) is 12.1 Å². The SMILES string of the molecule is O=C(N[C@@H]1CNC[C@H]1F)c1ccc(-c2ccccc2)cc1.O=CO. The number of carbonyl (C=O) groups is 2. The molecule has 2 aromatic carbocycles. The maximum absolute atomic E-state index is 13.5. The number of halogens is 1. The molecule has 2 aromatic rings. The number of rotatable bonds is 3. The van der Waals surface area contributed by atoms with E-state index in [9.17, 15) is 9.18 Å². The van der Waals surface area contributed by atoms with Gasteiger partial charge in [0.2, 0.25) is 0 Å². The largest absolute Gasteiger partial charge is 0.483 e. The van der Waals surface area contributed by atoms with Gasteiger partial charge in [0.1, 0.15) is 6.17 Å². The summed E-state index contributed by atoms with van der Waals surface area (Å²) in [7, 11) is 0. The zero-order valence-corrected chi connectivity index (χ0v) is 13.0. The van der Waals surface area contributed by atoms with Crippen molar-refractivity contribution < 1.29 is 19.1 Å². The standard InChI is InChI=1S/C17H17FN2O.CH2O2/c18-15-10-19-11-16(15)20-17(21)14-8-6-13(7-9-14)12-4-2-1-3-5-12;2-1-3/h1-9,15-16,19H,10-11H2,(H,20,21);1H,(H,2,3)/t15-,16-;/m1./s1. The number of hydrogen-bond acceptors (Lipinski definition) is 3. The van der Waals surface area contributed by atoms with Crippen LogP contribution in [0.2, 0.25) is 0 Å². The number of carboxylic acid groups (broad SMARTS) is 1. The minimum Gasteiger partial charge on any atom is -0.483 e. The van der Waals surface area contributed by atoms with Gasteiger partial charge in [-0.05, 0) is 23.3 Å². The van der Waals surface area contributed by atoms with E-state index in [0.717, 1.165) is 11.1 Å². The fourth-order valence-corrected chi connectivity index (χ4v) is 2.48. The third-order valence-electron chi connectivity index (χ3n) is 3.71. The number of carbonyl (C=O) groups excluding carboxylic acids is 1. The Hall–Kier alpha value is -2.73. The number of amides is 1. The number of nitrogens with one attached hydrogen (secondary N) is 2. The lowest BCUT2D eigenvalue weighted by molar-refractivity contribution is -0.122. The molecular formula is C18H19FN2O3. The Balaban J connectivity index is 0.000000647. The smallest absolute Gasteiger partial charge is 0.290 e. The molecule has 0 bridgehead atoms. The van der Waals surface area contributed by atoms with Crippen LogP contribution in [0.15, 0.2) is 54.6 Å². The average molecular weight is 330 g/mol. The molecule has 0 spiro atoms. The van der Waals surface area contributed by atoms with Gasteiger partial charge in [0.05, 0.1) is 6.04 Å². The van der Waals surface area contributed by atoms with Gasteiger partial charge in [-0.1, -0.05) is 42.5 Å². The highest BCUT2D eigenvalue weighted by Gasteiger charge is 2.28. The predicted octanol–water partition coefficient (Wildman–Crippen LogP) is 2.09. The third-order valence-corrected chi connectivity index (χ3v) is 3.71. The first-order valence-electron chi connectivity index (χ1n) is 7.54. The molecule has 0 radical (unpaired) electrons. The fourth-order valence-electron chi connectivity index (χ4n) is 2.48. The average Bonchev–Trinajstić information content (AvgIpc) is 3.01. The lowest BCUT2D eigenvalue weighted by Crippen LogP contribution is -2.41. The summed E-state index contributed by atoms with van der Waals surface area (Å²) in [4.78, 5) is 20.4. The summed E-state index contributed by atoms with van der Waals surface area (Å²) in [5.74, 6) is -0.231. The maximum atomic E-state index is 13.5. The molecule has 1 heterocycles. The molecule has 2 atom stereocenters. The normalized spacial score (nSPS) is 19.0. The lowest BCUT2D eigenvalue weighted by atomic mass is 10.0. The first kappa shape index (κ1) is 17.6. The van der Waals surface area contributed by atoms with Gasteiger partial charge in [0, 0.05) is 18.7 Å². The summed E-state index contributed by atoms with van der Waals surface area (Å²) in [6.45, 7) is 0.535. The second-order valence-corrected chi connectivity index (χ2v) is 5.30. The van der Waals surface area contributed by atoms with Gasteiger partial charge in [-0.15, -0.1) is 0 Å². The zero-order chi connectivity index (χ0) is 17.4. The Morgan fingerprint density at radius 1 is 1.08 bits per heavy atom. The number of alkyl halides is 1. The van der Waals surface area contributed by atoms with Gasteiger partial charge in [-0.25, -0.2) is 4.39 Å². The molecule has 5 nitrogen and oxygen atoms in total. The van der Waals surface area contributed by atoms with E-state index < -0.39 is 12.2 Å². The van der Waals surface area contributed by atoms with Crippen LogP contribution >= 0.6 is 0 Å². The minimum absolute atomic E-state index is 0.231. The van der Waals surface area contributed by atoms with Crippen LogP contribution in [0.25, 0.3) is 11.1 Å². The highest BCUT2D eigenvalue weighted by Crippen LogP contribution is 2.19. The Bertz CT molecular complexity index is 662. The first-order valence-corrected chi connectivity index (χ1v) is 7.54. The maximum Gasteiger partial charge on any atom is 0.290 e. The third kappa shape index (κ3) is 4.63. The molecule has 0 unspecified atom stereocenters. The summed E-state index contributed by atoms with van der Waals surface area (Å²) in [6.07, 6.45) is -1.02. The van der Waals surface area contributed by atoms with Gasteiger partial charge in [-0.3, -0.25) is 9.59 Å². The van der Waals surface area contributed by atoms with Crippen LogP contribution in [0.5, 0.6) is 0 Å². The van der Waals surface area contributed by atoms with Crippen molar-refractivity contribution in [2.75, 3.05) is 13.1 Å². The van der Waals surface area contributed by atoms with Gasteiger partial charge in [0.25, 0.3) is 12.4 Å².